The topological polar surface area (TPSA) is 83.5 Å². The molecule has 3 rings (SSSR count). The van der Waals surface area contributed by atoms with Crippen LogP contribution >= 0.6 is 7.82 Å². The summed E-state index contributed by atoms with van der Waals surface area (Å²) in [7, 11) is -4.25. The highest BCUT2D eigenvalue weighted by atomic mass is 31.2. The van der Waals surface area contributed by atoms with E-state index in [2.05, 4.69) is 0 Å². The van der Waals surface area contributed by atoms with E-state index in [0.717, 1.165) is 0 Å². The molecule has 0 aromatic heterocycles. The third-order valence-corrected chi connectivity index (χ3v) is 5.12. The summed E-state index contributed by atoms with van der Waals surface area (Å²) < 4.78 is 41.5. The molecule has 2 aromatic rings. The van der Waals surface area contributed by atoms with Gasteiger partial charge in [-0.25, -0.2) is 9.69 Å². The van der Waals surface area contributed by atoms with E-state index in [4.69, 9.17) is 23.0 Å². The van der Waals surface area contributed by atoms with Crippen LogP contribution in [0.2, 0.25) is 0 Å². The van der Waals surface area contributed by atoms with E-state index in [9.17, 15) is 9.36 Å². The standard InChI is InChI=1S/C22H26NO7P/c1-22(2,3)27-21(24)23-15-17-26-16-14-20(23)30-31(25,28-18-10-6-4-7-11-18)29-19-12-8-5-9-13-19/h4-14H,15-17H2,1-3H3. The molecule has 0 unspecified atom stereocenters. The number of phosphoric ester groups is 1. The van der Waals surface area contributed by atoms with E-state index in [0.29, 0.717) is 0 Å². The van der Waals surface area contributed by atoms with Crippen LogP contribution in [0.5, 0.6) is 11.5 Å². The fraction of sp³-hybridized carbons (Fsp3) is 0.318. The van der Waals surface area contributed by atoms with E-state index in [1.165, 1.54) is 11.0 Å². The van der Waals surface area contributed by atoms with Crippen molar-refractivity contribution in [1.82, 2.24) is 4.90 Å². The van der Waals surface area contributed by atoms with Crippen molar-refractivity contribution in [3.05, 3.63) is 72.6 Å². The molecule has 2 aromatic carbocycles. The lowest BCUT2D eigenvalue weighted by atomic mass is 10.2. The van der Waals surface area contributed by atoms with Crippen molar-refractivity contribution in [2.24, 2.45) is 0 Å². The number of phosphoric acid groups is 1. The molecule has 0 aliphatic carbocycles. The lowest BCUT2D eigenvalue weighted by Gasteiger charge is -2.29. The van der Waals surface area contributed by atoms with Crippen molar-refractivity contribution in [3.8, 4) is 11.5 Å². The molecule has 0 saturated carbocycles. The van der Waals surface area contributed by atoms with Crippen LogP contribution in [-0.4, -0.2) is 36.4 Å². The molecule has 0 bridgehead atoms. The number of rotatable bonds is 6. The summed E-state index contributed by atoms with van der Waals surface area (Å²) in [6.45, 7) is 5.83. The summed E-state index contributed by atoms with van der Waals surface area (Å²) in [5.74, 6) is 0.550. The molecule has 0 atom stereocenters. The van der Waals surface area contributed by atoms with Crippen molar-refractivity contribution >= 4 is 13.9 Å². The highest BCUT2D eigenvalue weighted by molar-refractivity contribution is 7.49. The molecular formula is C22H26NO7P. The highest BCUT2D eigenvalue weighted by Crippen LogP contribution is 2.51. The van der Waals surface area contributed by atoms with Gasteiger partial charge in [0.05, 0.1) is 19.8 Å². The minimum atomic E-state index is -4.25. The second-order valence-electron chi connectivity index (χ2n) is 7.60. The van der Waals surface area contributed by atoms with Gasteiger partial charge in [-0.05, 0) is 45.0 Å². The van der Waals surface area contributed by atoms with E-state index < -0.39 is 19.5 Å². The summed E-state index contributed by atoms with van der Waals surface area (Å²) >= 11 is 0. The van der Waals surface area contributed by atoms with E-state index in [1.807, 2.05) is 0 Å². The smallest absolute Gasteiger partial charge is 0.443 e. The molecule has 1 heterocycles. The minimum Gasteiger partial charge on any atom is -0.443 e. The number of para-hydroxylation sites is 2. The molecule has 0 saturated heterocycles. The number of hydrogen-bond donors (Lipinski definition) is 0. The number of benzene rings is 2. The number of ether oxygens (including phenoxy) is 2. The largest absolute Gasteiger partial charge is 0.648 e. The molecular weight excluding hydrogens is 421 g/mol. The van der Waals surface area contributed by atoms with Gasteiger partial charge >= 0.3 is 13.9 Å². The number of amides is 1. The summed E-state index contributed by atoms with van der Waals surface area (Å²) in [5, 5.41) is 0. The Hall–Kier alpha value is -2.96. The van der Waals surface area contributed by atoms with Gasteiger partial charge in [0.15, 0.2) is 0 Å². The normalized spacial score (nSPS) is 14.8. The van der Waals surface area contributed by atoms with Crippen LogP contribution in [0.3, 0.4) is 0 Å². The number of carbonyl (C=O) groups is 1. The predicted molar refractivity (Wildman–Crippen MR) is 115 cm³/mol. The quantitative estimate of drug-likeness (QED) is 0.550. The monoisotopic (exact) mass is 447 g/mol. The van der Waals surface area contributed by atoms with Gasteiger partial charge in [-0.2, -0.15) is 4.57 Å². The van der Waals surface area contributed by atoms with Crippen LogP contribution in [0.4, 0.5) is 4.79 Å². The van der Waals surface area contributed by atoms with Gasteiger partial charge in [-0.1, -0.05) is 36.4 Å². The lowest BCUT2D eigenvalue weighted by Crippen LogP contribution is -2.38. The zero-order chi connectivity index (χ0) is 22.3. The fourth-order valence-electron chi connectivity index (χ4n) is 2.57. The van der Waals surface area contributed by atoms with E-state index >= 15 is 0 Å². The molecule has 8 nitrogen and oxygen atoms in total. The number of carbonyl (C=O) groups excluding carboxylic acids is 1. The Morgan fingerprint density at radius 1 is 0.935 bits per heavy atom. The highest BCUT2D eigenvalue weighted by Gasteiger charge is 2.38. The van der Waals surface area contributed by atoms with Gasteiger partial charge in [0.25, 0.3) is 0 Å². The third kappa shape index (κ3) is 7.05. The summed E-state index contributed by atoms with van der Waals surface area (Å²) in [6.07, 6.45) is 0.835. The molecule has 31 heavy (non-hydrogen) atoms. The van der Waals surface area contributed by atoms with Gasteiger partial charge in [0.2, 0.25) is 5.88 Å². The van der Waals surface area contributed by atoms with Crippen molar-refractivity contribution < 1.29 is 32.4 Å². The fourth-order valence-corrected chi connectivity index (χ4v) is 3.84. The molecule has 1 aliphatic heterocycles. The first-order valence-electron chi connectivity index (χ1n) is 9.81. The van der Waals surface area contributed by atoms with Crippen LogP contribution < -0.4 is 9.05 Å². The van der Waals surface area contributed by atoms with Crippen molar-refractivity contribution in [1.29, 1.82) is 0 Å². The van der Waals surface area contributed by atoms with Gasteiger partial charge < -0.3 is 23.0 Å². The SMILES string of the molecule is CC(C)(C)OC(=O)N1CCOCC=C1OP(=O)(Oc1ccccc1)Oc1ccccc1. The first kappa shape index (κ1) is 22.7. The molecule has 0 fully saturated rings. The molecule has 1 amide bonds. The first-order valence-corrected chi connectivity index (χ1v) is 11.3. The lowest BCUT2D eigenvalue weighted by molar-refractivity contribution is 0.0202. The average Bonchev–Trinajstić information content (AvgIpc) is 2.93. The van der Waals surface area contributed by atoms with Gasteiger partial charge in [0, 0.05) is 6.08 Å². The molecule has 0 spiro atoms. The number of nitrogens with zero attached hydrogens (tertiary/aromatic N) is 1. The third-order valence-electron chi connectivity index (χ3n) is 3.84. The van der Waals surface area contributed by atoms with Gasteiger partial charge in [0.1, 0.15) is 17.1 Å². The Labute approximate surface area is 181 Å². The first-order chi connectivity index (χ1) is 14.7. The van der Waals surface area contributed by atoms with E-state index in [-0.39, 0.29) is 37.1 Å². The van der Waals surface area contributed by atoms with Crippen molar-refractivity contribution in [3.63, 3.8) is 0 Å². The maximum Gasteiger partial charge on any atom is 0.648 e. The Bertz CT molecular complexity index is 896. The maximum atomic E-state index is 13.7. The van der Waals surface area contributed by atoms with Crippen LogP contribution in [0.25, 0.3) is 0 Å². The maximum absolute atomic E-state index is 13.7. The van der Waals surface area contributed by atoms with Crippen LogP contribution in [-0.2, 0) is 18.6 Å². The summed E-state index contributed by atoms with van der Waals surface area (Å²) in [4.78, 5) is 14.0. The Morgan fingerprint density at radius 3 is 2.00 bits per heavy atom. The molecule has 1 aliphatic rings. The average molecular weight is 447 g/mol. The second kappa shape index (κ2) is 9.90. The van der Waals surface area contributed by atoms with E-state index in [1.54, 1.807) is 81.4 Å². The zero-order valence-corrected chi connectivity index (χ0v) is 18.6. The van der Waals surface area contributed by atoms with Crippen LogP contribution in [0.15, 0.2) is 72.6 Å². The Balaban J connectivity index is 1.89. The van der Waals surface area contributed by atoms with Gasteiger partial charge in [-0.15, -0.1) is 0 Å². The van der Waals surface area contributed by atoms with Crippen LogP contribution in [0.1, 0.15) is 20.8 Å². The van der Waals surface area contributed by atoms with Crippen molar-refractivity contribution in [2.75, 3.05) is 19.8 Å². The Kier molecular flexibility index (Phi) is 7.25. The minimum absolute atomic E-state index is 0.0260. The van der Waals surface area contributed by atoms with Crippen LogP contribution in [0, 0.1) is 0 Å². The molecule has 166 valence electrons. The van der Waals surface area contributed by atoms with Crippen molar-refractivity contribution in [2.45, 2.75) is 26.4 Å². The van der Waals surface area contributed by atoms with Gasteiger partial charge in [-0.3, -0.25) is 0 Å². The number of hydrogen-bond acceptors (Lipinski definition) is 7. The second-order valence-corrected chi connectivity index (χ2v) is 9.04. The molecule has 0 radical (unpaired) electrons. The Morgan fingerprint density at radius 2 is 1.48 bits per heavy atom. The summed E-state index contributed by atoms with van der Waals surface area (Å²) in [5.41, 5.74) is -0.722. The molecule has 0 N–H and O–H groups in total. The summed E-state index contributed by atoms with van der Waals surface area (Å²) in [6, 6.07) is 17.0. The zero-order valence-electron chi connectivity index (χ0n) is 17.7. The molecule has 9 heteroatoms. The predicted octanol–water partition coefficient (Wildman–Crippen LogP) is 5.38.